The molecule has 0 fully saturated rings. The summed E-state index contributed by atoms with van der Waals surface area (Å²) in [6.45, 7) is 14.4. The fourth-order valence-corrected chi connectivity index (χ4v) is 7.76. The number of carbonyl (C=O) groups is 1. The summed E-state index contributed by atoms with van der Waals surface area (Å²) in [6, 6.07) is 10.2. The largest absolute Gasteiger partial charge is 0.441 e. The number of nitrogens with two attached hydrogens (primary N) is 1. The third-order valence-electron chi connectivity index (χ3n) is 5.17. The maximum Gasteiger partial charge on any atom is 0.419 e. The molecular formula is C20H36N2O3SSi. The standard InChI is InChI=1S/C20H36N2O3SSi/c1-7-8-14-18(15-27(6)20(3,4)5)26(21,24)22-19(23)25-16(2)17-12-10-9-11-13-17/h7,9-13,16,18,26-27H,1,8,14-15H2,2-6H3,(H3,21,22,23,24)/t16-,18?,27?/m0/s1. The number of hydrogen-bond donors (Lipinski definition) is 3. The van der Waals surface area contributed by atoms with Crippen molar-refractivity contribution in [3.8, 4) is 0 Å². The molecule has 0 bridgehead atoms. The minimum Gasteiger partial charge on any atom is -0.441 e. The molecule has 1 amide bonds. The van der Waals surface area contributed by atoms with E-state index in [2.05, 4.69) is 38.6 Å². The second-order valence-electron chi connectivity index (χ2n) is 8.30. The lowest BCUT2D eigenvalue weighted by atomic mass is 10.1. The van der Waals surface area contributed by atoms with Gasteiger partial charge in [0.05, 0.1) is 0 Å². The molecule has 1 aromatic rings. The lowest BCUT2D eigenvalue weighted by molar-refractivity contribution is 0.113. The quantitative estimate of drug-likeness (QED) is 0.322. The van der Waals surface area contributed by atoms with Crippen LogP contribution in [0.4, 0.5) is 4.79 Å². The number of carbonyl (C=O) groups excluding carboxylic acids is 1. The van der Waals surface area contributed by atoms with Crippen LogP contribution in [0.3, 0.4) is 0 Å². The second-order valence-corrected chi connectivity index (χ2v) is 14.7. The third kappa shape index (κ3) is 7.99. The van der Waals surface area contributed by atoms with Crippen molar-refractivity contribution in [3.63, 3.8) is 0 Å². The van der Waals surface area contributed by atoms with Gasteiger partial charge in [-0.1, -0.05) is 63.7 Å². The average Bonchev–Trinajstić information content (AvgIpc) is 2.57. The van der Waals surface area contributed by atoms with Gasteiger partial charge in [-0.05, 0) is 36.4 Å². The number of ether oxygens (including phenoxy) is 1. The SMILES string of the molecule is C=CCCC(C[SiH](C)C(C)(C)C)[SH](N)(=O)NC(=O)O[C@@H](C)c1ccccc1. The highest BCUT2D eigenvalue weighted by Gasteiger charge is 2.31. The second kappa shape index (κ2) is 10.2. The van der Waals surface area contributed by atoms with E-state index < -0.39 is 31.3 Å². The van der Waals surface area contributed by atoms with E-state index in [1.54, 1.807) is 13.0 Å². The van der Waals surface area contributed by atoms with Gasteiger partial charge in [-0.15, -0.1) is 6.58 Å². The van der Waals surface area contributed by atoms with Gasteiger partial charge in [0.2, 0.25) is 0 Å². The summed E-state index contributed by atoms with van der Waals surface area (Å²) >= 11 is 0. The smallest absolute Gasteiger partial charge is 0.419 e. The van der Waals surface area contributed by atoms with Gasteiger partial charge in [-0.3, -0.25) is 14.1 Å². The zero-order chi connectivity index (χ0) is 20.7. The number of nitrogens with one attached hydrogen (secondary N) is 1. The summed E-state index contributed by atoms with van der Waals surface area (Å²) in [4.78, 5) is 12.3. The minimum atomic E-state index is -3.40. The number of allylic oxidation sites excluding steroid dienone is 1. The predicted octanol–water partition coefficient (Wildman–Crippen LogP) is 4.27. The summed E-state index contributed by atoms with van der Waals surface area (Å²) in [7, 11) is -4.59. The maximum absolute atomic E-state index is 13.2. The minimum absolute atomic E-state index is 0.203. The summed E-state index contributed by atoms with van der Waals surface area (Å²) in [5.41, 5.74) is 0.872. The molecular weight excluding hydrogens is 376 g/mol. The Balaban J connectivity index is 2.80. The van der Waals surface area contributed by atoms with Crippen LogP contribution in [0.5, 0.6) is 0 Å². The molecule has 0 saturated heterocycles. The molecule has 27 heavy (non-hydrogen) atoms. The average molecular weight is 413 g/mol. The Morgan fingerprint density at radius 1 is 1.37 bits per heavy atom. The molecule has 7 heteroatoms. The monoisotopic (exact) mass is 412 g/mol. The van der Waals surface area contributed by atoms with E-state index in [1.807, 2.05) is 30.3 Å². The first-order valence-electron chi connectivity index (χ1n) is 9.50. The van der Waals surface area contributed by atoms with E-state index in [4.69, 9.17) is 9.88 Å². The van der Waals surface area contributed by atoms with Crippen molar-refractivity contribution in [2.45, 2.75) is 69.5 Å². The van der Waals surface area contributed by atoms with Crippen molar-refractivity contribution in [2.75, 3.05) is 0 Å². The van der Waals surface area contributed by atoms with Crippen LogP contribution in [0.15, 0.2) is 43.0 Å². The van der Waals surface area contributed by atoms with Crippen LogP contribution in [-0.4, -0.2) is 24.3 Å². The topological polar surface area (TPSA) is 81.4 Å². The van der Waals surface area contributed by atoms with E-state index in [1.165, 1.54) is 0 Å². The van der Waals surface area contributed by atoms with Crippen molar-refractivity contribution in [1.29, 1.82) is 0 Å². The zero-order valence-electron chi connectivity index (χ0n) is 17.3. The lowest BCUT2D eigenvalue weighted by Crippen LogP contribution is -2.52. The Morgan fingerprint density at radius 2 is 1.96 bits per heavy atom. The number of thiol groups is 1. The van der Waals surface area contributed by atoms with E-state index in [9.17, 15) is 9.00 Å². The number of rotatable bonds is 9. The van der Waals surface area contributed by atoms with Gasteiger partial charge in [0.15, 0.2) is 0 Å². The van der Waals surface area contributed by atoms with Crippen molar-refractivity contribution < 1.29 is 13.7 Å². The van der Waals surface area contributed by atoms with Gasteiger partial charge in [0.1, 0.15) is 6.10 Å². The highest BCUT2D eigenvalue weighted by atomic mass is 32.3. The molecule has 0 aliphatic rings. The molecule has 2 unspecified atom stereocenters. The molecule has 1 rings (SSSR count). The summed E-state index contributed by atoms with van der Waals surface area (Å²) < 4.78 is 21.0. The molecule has 154 valence electrons. The van der Waals surface area contributed by atoms with Crippen LogP contribution < -0.4 is 9.86 Å². The summed E-state index contributed by atoms with van der Waals surface area (Å²) in [6.07, 6.45) is 1.99. The molecule has 0 saturated carbocycles. The first kappa shape index (κ1) is 23.6. The molecule has 5 nitrogen and oxygen atoms in total. The molecule has 0 aromatic heterocycles. The van der Waals surface area contributed by atoms with E-state index in [0.717, 1.165) is 11.6 Å². The molecule has 3 atom stereocenters. The first-order chi connectivity index (χ1) is 12.5. The molecule has 3 N–H and O–H groups in total. The van der Waals surface area contributed by atoms with E-state index in [-0.39, 0.29) is 10.3 Å². The number of amides is 1. The maximum atomic E-state index is 13.2. The Bertz CT molecular complexity index is 661. The van der Waals surface area contributed by atoms with Gasteiger partial charge in [-0.2, -0.15) is 0 Å². The van der Waals surface area contributed by atoms with E-state index >= 15 is 0 Å². The lowest BCUT2D eigenvalue weighted by Gasteiger charge is -2.35. The summed E-state index contributed by atoms with van der Waals surface area (Å²) in [5.74, 6) is 0. The highest BCUT2D eigenvalue weighted by Crippen LogP contribution is 2.32. The van der Waals surface area contributed by atoms with Crippen LogP contribution in [-0.2, 0) is 15.0 Å². The van der Waals surface area contributed by atoms with Crippen LogP contribution in [0, 0.1) is 0 Å². The van der Waals surface area contributed by atoms with Crippen LogP contribution >= 0.6 is 0 Å². The van der Waals surface area contributed by atoms with Crippen LogP contribution in [0.1, 0.15) is 52.2 Å². The molecule has 0 aliphatic carbocycles. The van der Waals surface area contributed by atoms with Crippen LogP contribution in [0.2, 0.25) is 17.6 Å². The van der Waals surface area contributed by atoms with Gasteiger partial charge in [0.25, 0.3) is 0 Å². The molecule has 0 radical (unpaired) electrons. The van der Waals surface area contributed by atoms with Crippen molar-refractivity contribution in [1.82, 2.24) is 4.72 Å². The van der Waals surface area contributed by atoms with Crippen LogP contribution in [0.25, 0.3) is 0 Å². The number of benzene rings is 1. The van der Waals surface area contributed by atoms with Gasteiger partial charge < -0.3 is 4.74 Å². The molecule has 0 aliphatic heterocycles. The Labute approximate surface area is 167 Å². The summed E-state index contributed by atoms with van der Waals surface area (Å²) in [5, 5.41) is 6.09. The third-order valence-corrected chi connectivity index (χ3v) is 11.9. The first-order valence-corrected chi connectivity index (χ1v) is 13.9. The van der Waals surface area contributed by atoms with Crippen molar-refractivity contribution >= 4 is 25.2 Å². The number of hydrogen-bond acceptors (Lipinski definition) is 3. The Kier molecular flexibility index (Phi) is 8.91. The fourth-order valence-electron chi connectivity index (χ4n) is 2.75. The molecule has 0 heterocycles. The zero-order valence-corrected chi connectivity index (χ0v) is 19.3. The molecule has 1 aromatic carbocycles. The Hall–Kier alpha value is -1.44. The van der Waals surface area contributed by atoms with E-state index in [0.29, 0.717) is 12.8 Å². The Morgan fingerprint density at radius 3 is 2.48 bits per heavy atom. The normalized spacial score (nSPS) is 16.1. The molecule has 0 spiro atoms. The van der Waals surface area contributed by atoms with Gasteiger partial charge >= 0.3 is 6.09 Å². The fraction of sp³-hybridized carbons (Fsp3) is 0.550. The van der Waals surface area contributed by atoms with Gasteiger partial charge in [-0.25, -0.2) is 4.79 Å². The van der Waals surface area contributed by atoms with Gasteiger partial charge in [0, 0.05) is 24.4 Å². The predicted molar refractivity (Wildman–Crippen MR) is 119 cm³/mol. The van der Waals surface area contributed by atoms with Crippen molar-refractivity contribution in [2.24, 2.45) is 5.14 Å². The highest BCUT2D eigenvalue weighted by molar-refractivity contribution is 8.00. The van der Waals surface area contributed by atoms with Crippen molar-refractivity contribution in [3.05, 3.63) is 48.6 Å².